The van der Waals surface area contributed by atoms with Gasteiger partial charge in [-0.1, -0.05) is 41.7 Å². The Kier molecular flexibility index (Phi) is 4.15. The average molecular weight is 303 g/mol. The SMILES string of the molecule is O=C(O)C1CCC(Nc2nnc(-c3ccccc3)s2)CC1. The number of rotatable bonds is 4. The van der Waals surface area contributed by atoms with Gasteiger partial charge in [0, 0.05) is 11.6 Å². The maximum atomic E-state index is 10.9. The lowest BCUT2D eigenvalue weighted by atomic mass is 9.86. The number of hydrogen-bond acceptors (Lipinski definition) is 5. The van der Waals surface area contributed by atoms with Crippen molar-refractivity contribution in [3.8, 4) is 10.6 Å². The van der Waals surface area contributed by atoms with Crippen molar-refractivity contribution in [2.24, 2.45) is 5.92 Å². The summed E-state index contributed by atoms with van der Waals surface area (Å²) in [5, 5.41) is 22.5. The van der Waals surface area contributed by atoms with Gasteiger partial charge in [-0.15, -0.1) is 10.2 Å². The van der Waals surface area contributed by atoms with Crippen molar-refractivity contribution in [3.05, 3.63) is 30.3 Å². The average Bonchev–Trinajstić information content (AvgIpc) is 2.97. The van der Waals surface area contributed by atoms with E-state index in [9.17, 15) is 4.79 Å². The highest BCUT2D eigenvalue weighted by molar-refractivity contribution is 7.18. The van der Waals surface area contributed by atoms with Crippen molar-refractivity contribution in [1.29, 1.82) is 0 Å². The number of hydrogen-bond donors (Lipinski definition) is 2. The predicted octanol–water partition coefficient (Wildman–Crippen LogP) is 3.26. The number of carboxylic acids is 1. The van der Waals surface area contributed by atoms with E-state index < -0.39 is 5.97 Å². The molecule has 1 heterocycles. The van der Waals surface area contributed by atoms with Gasteiger partial charge in [0.15, 0.2) is 0 Å². The number of aliphatic carboxylic acids is 1. The van der Waals surface area contributed by atoms with Crippen LogP contribution in [0.4, 0.5) is 5.13 Å². The first-order chi connectivity index (χ1) is 10.2. The monoisotopic (exact) mass is 303 g/mol. The second-order valence-corrected chi connectivity index (χ2v) is 6.29. The molecule has 5 nitrogen and oxygen atoms in total. The molecule has 1 fully saturated rings. The van der Waals surface area contributed by atoms with Crippen LogP contribution in [-0.2, 0) is 4.79 Å². The summed E-state index contributed by atoms with van der Waals surface area (Å²) >= 11 is 1.54. The molecule has 6 heteroatoms. The third-order valence-corrected chi connectivity index (χ3v) is 4.75. The Hall–Kier alpha value is -1.95. The number of benzene rings is 1. The molecule has 2 N–H and O–H groups in total. The van der Waals surface area contributed by atoms with E-state index in [1.54, 1.807) is 0 Å². The van der Waals surface area contributed by atoms with Gasteiger partial charge in [-0.05, 0) is 25.7 Å². The van der Waals surface area contributed by atoms with Gasteiger partial charge in [0.05, 0.1) is 5.92 Å². The Morgan fingerprint density at radius 3 is 2.52 bits per heavy atom. The summed E-state index contributed by atoms with van der Waals surface area (Å²) in [6.07, 6.45) is 3.21. The van der Waals surface area contributed by atoms with Crippen LogP contribution in [0.1, 0.15) is 25.7 Å². The molecule has 0 saturated heterocycles. The molecule has 0 amide bonds. The second kappa shape index (κ2) is 6.22. The Bertz CT molecular complexity index is 606. The zero-order chi connectivity index (χ0) is 14.7. The molecule has 1 aliphatic rings. The van der Waals surface area contributed by atoms with Crippen LogP contribution in [0.25, 0.3) is 10.6 Å². The highest BCUT2D eigenvalue weighted by Crippen LogP contribution is 2.30. The lowest BCUT2D eigenvalue weighted by molar-refractivity contribution is -0.142. The van der Waals surface area contributed by atoms with Gasteiger partial charge < -0.3 is 10.4 Å². The summed E-state index contributed by atoms with van der Waals surface area (Å²) in [4.78, 5) is 10.9. The minimum absolute atomic E-state index is 0.183. The quantitative estimate of drug-likeness (QED) is 0.906. The van der Waals surface area contributed by atoms with Gasteiger partial charge in [-0.2, -0.15) is 0 Å². The molecule has 0 radical (unpaired) electrons. The summed E-state index contributed by atoms with van der Waals surface area (Å²) in [7, 11) is 0. The number of anilines is 1. The number of carbonyl (C=O) groups is 1. The highest BCUT2D eigenvalue weighted by atomic mass is 32.1. The van der Waals surface area contributed by atoms with Gasteiger partial charge in [0.2, 0.25) is 5.13 Å². The van der Waals surface area contributed by atoms with Gasteiger partial charge >= 0.3 is 5.97 Å². The smallest absolute Gasteiger partial charge is 0.306 e. The molecule has 2 aromatic rings. The van der Waals surface area contributed by atoms with E-state index in [-0.39, 0.29) is 5.92 Å². The first-order valence-corrected chi connectivity index (χ1v) is 7.92. The first-order valence-electron chi connectivity index (χ1n) is 7.10. The van der Waals surface area contributed by atoms with E-state index in [1.165, 1.54) is 11.3 Å². The molecular formula is C15H17N3O2S. The lowest BCUT2D eigenvalue weighted by Gasteiger charge is -2.26. The second-order valence-electron chi connectivity index (χ2n) is 5.31. The molecule has 0 spiro atoms. The molecule has 0 aliphatic heterocycles. The third-order valence-electron chi connectivity index (χ3n) is 3.85. The topological polar surface area (TPSA) is 75.1 Å². The molecule has 3 rings (SSSR count). The largest absolute Gasteiger partial charge is 0.481 e. The van der Waals surface area contributed by atoms with Gasteiger partial charge in [0.25, 0.3) is 0 Å². The summed E-state index contributed by atoms with van der Waals surface area (Å²) in [5.74, 6) is -0.854. The van der Waals surface area contributed by atoms with E-state index in [2.05, 4.69) is 15.5 Å². The molecular weight excluding hydrogens is 286 g/mol. The van der Waals surface area contributed by atoms with Crippen molar-refractivity contribution in [1.82, 2.24) is 10.2 Å². The van der Waals surface area contributed by atoms with E-state index >= 15 is 0 Å². The number of nitrogens with zero attached hydrogens (tertiary/aromatic N) is 2. The third kappa shape index (κ3) is 3.39. The fourth-order valence-corrected chi connectivity index (χ4v) is 3.46. The van der Waals surface area contributed by atoms with Crippen LogP contribution < -0.4 is 5.32 Å². The molecule has 21 heavy (non-hydrogen) atoms. The zero-order valence-corrected chi connectivity index (χ0v) is 12.3. The number of aromatic nitrogens is 2. The molecule has 110 valence electrons. The minimum Gasteiger partial charge on any atom is -0.481 e. The predicted molar refractivity (Wildman–Crippen MR) is 82.3 cm³/mol. The maximum Gasteiger partial charge on any atom is 0.306 e. The maximum absolute atomic E-state index is 10.9. The van der Waals surface area contributed by atoms with Crippen molar-refractivity contribution < 1.29 is 9.90 Å². The normalized spacial score (nSPS) is 21.9. The Morgan fingerprint density at radius 1 is 1.14 bits per heavy atom. The van der Waals surface area contributed by atoms with Crippen molar-refractivity contribution in [2.75, 3.05) is 5.32 Å². The van der Waals surface area contributed by atoms with Crippen LogP contribution in [0, 0.1) is 5.92 Å². The number of nitrogens with one attached hydrogen (secondary N) is 1. The van der Waals surface area contributed by atoms with Gasteiger partial charge in [-0.25, -0.2) is 0 Å². The summed E-state index contributed by atoms with van der Waals surface area (Å²) in [6, 6.07) is 10.3. The molecule has 1 aromatic carbocycles. The molecule has 0 atom stereocenters. The summed E-state index contributed by atoms with van der Waals surface area (Å²) in [6.45, 7) is 0. The number of carboxylic acid groups (broad SMARTS) is 1. The molecule has 1 aromatic heterocycles. The Morgan fingerprint density at radius 2 is 1.86 bits per heavy atom. The van der Waals surface area contributed by atoms with Gasteiger partial charge in [-0.3, -0.25) is 4.79 Å². The van der Waals surface area contributed by atoms with E-state index in [1.807, 2.05) is 30.3 Å². The van der Waals surface area contributed by atoms with E-state index in [0.717, 1.165) is 41.4 Å². The molecule has 0 bridgehead atoms. The van der Waals surface area contributed by atoms with Gasteiger partial charge in [0.1, 0.15) is 5.01 Å². The molecule has 1 aliphatic carbocycles. The zero-order valence-electron chi connectivity index (χ0n) is 11.5. The lowest BCUT2D eigenvalue weighted by Crippen LogP contribution is -2.29. The van der Waals surface area contributed by atoms with E-state index in [0.29, 0.717) is 6.04 Å². The Labute approximate surface area is 127 Å². The molecule has 1 saturated carbocycles. The highest BCUT2D eigenvalue weighted by Gasteiger charge is 2.26. The fourth-order valence-electron chi connectivity index (χ4n) is 2.64. The van der Waals surface area contributed by atoms with E-state index in [4.69, 9.17) is 5.11 Å². The summed E-state index contributed by atoms with van der Waals surface area (Å²) < 4.78 is 0. The molecule has 0 unspecified atom stereocenters. The van der Waals surface area contributed by atoms with Crippen LogP contribution in [0.3, 0.4) is 0 Å². The van der Waals surface area contributed by atoms with Crippen LogP contribution in [-0.4, -0.2) is 27.3 Å². The minimum atomic E-state index is -0.671. The van der Waals surface area contributed by atoms with Crippen molar-refractivity contribution in [3.63, 3.8) is 0 Å². The van der Waals surface area contributed by atoms with Crippen LogP contribution in [0.15, 0.2) is 30.3 Å². The first kappa shape index (κ1) is 14.0. The van der Waals surface area contributed by atoms with Crippen molar-refractivity contribution >= 4 is 22.4 Å². The fraction of sp³-hybridized carbons (Fsp3) is 0.400. The van der Waals surface area contributed by atoms with Crippen LogP contribution in [0.5, 0.6) is 0 Å². The summed E-state index contributed by atoms with van der Waals surface area (Å²) in [5.41, 5.74) is 1.07. The standard InChI is InChI=1S/C15H17N3O2S/c19-14(20)11-6-8-12(9-7-11)16-15-18-17-13(21-15)10-4-2-1-3-5-10/h1-5,11-12H,6-9H2,(H,16,18)(H,19,20). The van der Waals surface area contributed by atoms with Crippen LogP contribution >= 0.6 is 11.3 Å². The van der Waals surface area contributed by atoms with Crippen molar-refractivity contribution in [2.45, 2.75) is 31.7 Å². The Balaban J connectivity index is 1.60. The van der Waals surface area contributed by atoms with Crippen LogP contribution in [0.2, 0.25) is 0 Å².